The van der Waals surface area contributed by atoms with Crippen molar-refractivity contribution in [2.24, 2.45) is 11.3 Å². The second-order valence-corrected chi connectivity index (χ2v) is 7.30. The van der Waals surface area contributed by atoms with Crippen LogP contribution in [0.5, 0.6) is 0 Å². The minimum atomic E-state index is -0.00602. The van der Waals surface area contributed by atoms with Gasteiger partial charge < -0.3 is 5.32 Å². The summed E-state index contributed by atoms with van der Waals surface area (Å²) in [5.41, 5.74) is 2.78. The number of nitrogens with one attached hydrogen (secondary N) is 1. The van der Waals surface area contributed by atoms with E-state index in [2.05, 4.69) is 39.2 Å². The van der Waals surface area contributed by atoms with Crippen molar-refractivity contribution in [1.29, 1.82) is 0 Å². The van der Waals surface area contributed by atoms with Gasteiger partial charge in [-0.15, -0.1) is 0 Å². The Hall–Kier alpha value is -1.83. The molecule has 0 heterocycles. The van der Waals surface area contributed by atoms with Crippen molar-refractivity contribution in [3.05, 3.63) is 48.0 Å². The van der Waals surface area contributed by atoms with Crippen LogP contribution in [0.2, 0.25) is 0 Å². The molecule has 0 aromatic heterocycles. The van der Waals surface area contributed by atoms with E-state index in [0.717, 1.165) is 24.0 Å². The van der Waals surface area contributed by atoms with Crippen LogP contribution in [-0.2, 0) is 0 Å². The van der Waals surface area contributed by atoms with E-state index < -0.39 is 0 Å². The van der Waals surface area contributed by atoms with Crippen LogP contribution in [0.15, 0.2) is 31.4 Å². The van der Waals surface area contributed by atoms with Crippen molar-refractivity contribution >= 4 is 18.1 Å². The molecule has 0 radical (unpaired) electrons. The molecule has 0 aliphatic heterocycles. The monoisotopic (exact) mass is 297 g/mol. The molecule has 1 aliphatic rings. The molecule has 1 fully saturated rings. The molecule has 1 aromatic carbocycles. The van der Waals surface area contributed by atoms with Gasteiger partial charge in [-0.3, -0.25) is 4.79 Å². The van der Waals surface area contributed by atoms with Crippen LogP contribution in [0.3, 0.4) is 0 Å². The molecule has 1 aromatic rings. The van der Waals surface area contributed by atoms with E-state index in [-0.39, 0.29) is 11.9 Å². The van der Waals surface area contributed by atoms with Crippen LogP contribution >= 0.6 is 0 Å². The molecular weight excluding hydrogens is 270 g/mol. The predicted molar refractivity (Wildman–Crippen MR) is 94.7 cm³/mol. The third-order valence-electron chi connectivity index (χ3n) is 4.53. The highest BCUT2D eigenvalue weighted by atomic mass is 16.1. The van der Waals surface area contributed by atoms with Crippen LogP contribution in [0, 0.1) is 11.3 Å². The first-order valence-corrected chi connectivity index (χ1v) is 8.05. The highest BCUT2D eigenvalue weighted by Gasteiger charge is 2.33. The Morgan fingerprint density at radius 2 is 2.00 bits per heavy atom. The first-order chi connectivity index (χ1) is 10.4. The Kier molecular flexibility index (Phi) is 4.90. The first kappa shape index (κ1) is 16.5. The molecule has 2 nitrogen and oxygen atoms in total. The molecule has 0 saturated heterocycles. The van der Waals surface area contributed by atoms with Crippen molar-refractivity contribution in [2.75, 3.05) is 0 Å². The topological polar surface area (TPSA) is 29.1 Å². The molecule has 2 rings (SSSR count). The zero-order valence-electron chi connectivity index (χ0n) is 14.0. The number of carbonyl (C=O) groups is 1. The Morgan fingerprint density at radius 1 is 1.27 bits per heavy atom. The summed E-state index contributed by atoms with van der Waals surface area (Å²) in [5.74, 6) is 0.640. The number of hydrogen-bond donors (Lipinski definition) is 1. The number of carbonyl (C=O) groups excluding carboxylic acids is 1. The van der Waals surface area contributed by atoms with Crippen LogP contribution in [-0.4, -0.2) is 11.9 Å². The zero-order chi connectivity index (χ0) is 16.3. The summed E-state index contributed by atoms with van der Waals surface area (Å²) < 4.78 is 0. The molecule has 0 bridgehead atoms. The first-order valence-electron chi connectivity index (χ1n) is 8.05. The third kappa shape index (κ3) is 3.68. The second kappa shape index (κ2) is 6.51. The molecule has 2 heteroatoms. The summed E-state index contributed by atoms with van der Waals surface area (Å²) in [6, 6.07) is 5.95. The fraction of sp³-hybridized carbons (Fsp3) is 0.450. The Bertz CT molecular complexity index is 585. The summed E-state index contributed by atoms with van der Waals surface area (Å²) in [5, 5.41) is 3.23. The van der Waals surface area contributed by atoms with E-state index in [1.54, 1.807) is 12.2 Å². The molecular formula is C20H27NO. The van der Waals surface area contributed by atoms with Gasteiger partial charge in [0.15, 0.2) is 0 Å². The Labute approximate surface area is 134 Å². The molecule has 0 spiro atoms. The van der Waals surface area contributed by atoms with Crippen molar-refractivity contribution in [2.45, 2.75) is 46.1 Å². The number of benzene rings is 1. The van der Waals surface area contributed by atoms with Crippen molar-refractivity contribution < 1.29 is 4.79 Å². The second-order valence-electron chi connectivity index (χ2n) is 7.30. The van der Waals surface area contributed by atoms with E-state index in [1.165, 1.54) is 6.42 Å². The average molecular weight is 297 g/mol. The summed E-state index contributed by atoms with van der Waals surface area (Å²) in [6.07, 6.45) is 6.82. The Balaban J connectivity index is 2.19. The fourth-order valence-electron chi connectivity index (χ4n) is 3.91. The summed E-state index contributed by atoms with van der Waals surface area (Å²) >= 11 is 0. The highest BCUT2D eigenvalue weighted by molar-refractivity contribution is 5.99. The van der Waals surface area contributed by atoms with Crippen LogP contribution in [0.25, 0.3) is 12.2 Å². The van der Waals surface area contributed by atoms with Gasteiger partial charge in [-0.25, -0.2) is 0 Å². The third-order valence-corrected chi connectivity index (χ3v) is 4.53. The largest absolute Gasteiger partial charge is 0.349 e. The minimum Gasteiger partial charge on any atom is -0.349 e. The average Bonchev–Trinajstić information content (AvgIpc) is 2.43. The molecule has 118 valence electrons. The van der Waals surface area contributed by atoms with Gasteiger partial charge in [-0.2, -0.15) is 0 Å². The number of rotatable bonds is 4. The smallest absolute Gasteiger partial charge is 0.252 e. The van der Waals surface area contributed by atoms with E-state index in [9.17, 15) is 4.79 Å². The zero-order valence-corrected chi connectivity index (χ0v) is 14.0. The minimum absolute atomic E-state index is 0.00602. The van der Waals surface area contributed by atoms with Gasteiger partial charge in [0, 0.05) is 11.6 Å². The van der Waals surface area contributed by atoms with Gasteiger partial charge in [0.1, 0.15) is 0 Å². The normalized spacial score (nSPS) is 23.6. The lowest BCUT2D eigenvalue weighted by Crippen LogP contribution is -2.43. The van der Waals surface area contributed by atoms with Gasteiger partial charge >= 0.3 is 0 Å². The van der Waals surface area contributed by atoms with Crippen molar-refractivity contribution in [3.63, 3.8) is 0 Å². The predicted octanol–water partition coefficient (Wildman–Crippen LogP) is 4.92. The van der Waals surface area contributed by atoms with Gasteiger partial charge in [0.05, 0.1) is 0 Å². The SMILES string of the molecule is C=Cc1cccc(C(=O)NC2CC(C)CC(C)(C)C2)c1C=C. The quantitative estimate of drug-likeness (QED) is 0.840. The van der Waals surface area contributed by atoms with Crippen LogP contribution < -0.4 is 5.32 Å². The lowest BCUT2D eigenvalue weighted by atomic mass is 9.70. The van der Waals surface area contributed by atoms with Crippen LogP contribution in [0.1, 0.15) is 61.5 Å². The lowest BCUT2D eigenvalue weighted by Gasteiger charge is -2.39. The number of hydrogen-bond acceptors (Lipinski definition) is 1. The molecule has 2 atom stereocenters. The summed E-state index contributed by atoms with van der Waals surface area (Å²) in [6.45, 7) is 14.5. The van der Waals surface area contributed by atoms with E-state index >= 15 is 0 Å². The Morgan fingerprint density at radius 3 is 2.59 bits per heavy atom. The van der Waals surface area contributed by atoms with Gasteiger partial charge in [0.2, 0.25) is 0 Å². The van der Waals surface area contributed by atoms with E-state index in [1.807, 2.05) is 18.2 Å². The van der Waals surface area contributed by atoms with Gasteiger partial charge in [-0.1, -0.05) is 58.2 Å². The summed E-state index contributed by atoms with van der Waals surface area (Å²) in [4.78, 5) is 12.7. The lowest BCUT2D eigenvalue weighted by molar-refractivity contribution is 0.0874. The van der Waals surface area contributed by atoms with E-state index in [4.69, 9.17) is 0 Å². The van der Waals surface area contributed by atoms with Gasteiger partial charge in [0.25, 0.3) is 5.91 Å². The molecule has 1 N–H and O–H groups in total. The molecule has 1 saturated carbocycles. The maximum absolute atomic E-state index is 12.7. The van der Waals surface area contributed by atoms with Crippen molar-refractivity contribution in [1.82, 2.24) is 5.32 Å². The number of amides is 1. The maximum atomic E-state index is 12.7. The molecule has 2 unspecified atom stereocenters. The fourth-order valence-corrected chi connectivity index (χ4v) is 3.91. The summed E-state index contributed by atoms with van der Waals surface area (Å²) in [7, 11) is 0. The standard InChI is InChI=1S/C20H27NO/c1-6-15-9-8-10-18(17(15)7-2)19(22)21-16-11-14(3)12-20(4,5)13-16/h6-10,14,16H,1-2,11-13H2,3-5H3,(H,21,22). The van der Waals surface area contributed by atoms with Crippen LogP contribution in [0.4, 0.5) is 0 Å². The van der Waals surface area contributed by atoms with Gasteiger partial charge in [-0.05, 0) is 47.8 Å². The van der Waals surface area contributed by atoms with Crippen molar-refractivity contribution in [3.8, 4) is 0 Å². The van der Waals surface area contributed by atoms with E-state index in [0.29, 0.717) is 16.9 Å². The molecule has 22 heavy (non-hydrogen) atoms. The maximum Gasteiger partial charge on any atom is 0.252 e. The highest BCUT2D eigenvalue weighted by Crippen LogP contribution is 2.38. The molecule has 1 amide bonds. The molecule has 1 aliphatic carbocycles.